The van der Waals surface area contributed by atoms with Crippen LogP contribution >= 0.6 is 28.8 Å². The Balaban J connectivity index is -0.000000000833. The Hall–Kier alpha value is 2.27. The molecule has 0 bridgehead atoms. The summed E-state index contributed by atoms with van der Waals surface area (Å²) in [6.07, 6.45) is 0. The minimum atomic E-state index is 0. The topological polar surface area (TPSA) is 0 Å². The van der Waals surface area contributed by atoms with Crippen molar-refractivity contribution in [3.05, 3.63) is 0 Å². The van der Waals surface area contributed by atoms with Gasteiger partial charge in [0.15, 0.2) is 16.4 Å². The minimum Gasteiger partial charge on any atom is -1.00 e. The average molecular weight is 275 g/mol. The molecule has 0 fully saturated rings. The maximum absolute atomic E-state index is 9.31. The molecule has 0 nitrogen and oxygen atoms in total. The largest absolute Gasteiger partial charge is 2.00 e. The maximum atomic E-state index is 9.31. The Labute approximate surface area is 82.6 Å². The summed E-state index contributed by atoms with van der Waals surface area (Å²) in [7, 11) is 0. The third-order valence-electron chi connectivity index (χ3n) is 0. The summed E-state index contributed by atoms with van der Waals surface area (Å²) >= 11 is 1.44. The smallest absolute Gasteiger partial charge is 1.00 e. The normalized spacial score (nSPS) is 1.50. The molecular weight excluding hydrogens is 272 g/mol. The third-order valence-corrected chi connectivity index (χ3v) is 0. The fourth-order valence-electron chi connectivity index (χ4n) is 0. The molecule has 0 unspecified atom stereocenters. The van der Waals surface area contributed by atoms with Crippen LogP contribution < -0.4 is 0 Å². The molecule has 4 heteroatoms. The van der Waals surface area contributed by atoms with E-state index in [2.05, 4.69) is 0 Å². The third kappa shape index (κ3) is 8.86. The van der Waals surface area contributed by atoms with Gasteiger partial charge in [0.1, 0.15) is 0 Å². The molecule has 0 spiro atoms. The molecule has 4 heavy (non-hydrogen) atoms. The van der Waals surface area contributed by atoms with E-state index in [0.717, 1.165) is 0 Å². The predicted molar refractivity (Wildman–Crippen MR) is 25.3 cm³/mol. The molecule has 0 aromatic carbocycles. The van der Waals surface area contributed by atoms with Crippen LogP contribution in [0.2, 0.25) is 0 Å². The first-order chi connectivity index (χ1) is 1.00. The van der Waals surface area contributed by atoms with Gasteiger partial charge in [-0.1, -0.05) is 0 Å². The monoisotopic (exact) mass is 274 g/mol. The second-order valence-corrected chi connectivity index (χ2v) is 0. The first-order valence-corrected chi connectivity index (χ1v) is 0.742. The van der Waals surface area contributed by atoms with Gasteiger partial charge < -0.3 is 2.85 Å². The minimum absolute atomic E-state index is 0. The van der Waals surface area contributed by atoms with E-state index in [4.69, 9.17) is 0 Å². The number of rotatable bonds is 0. The standard InChI is InChI=1S/Ba.BrF.ClH.2H/c;1-2;;;/h;;1H;;/q+2;;;2*-1. The molecule has 26 valence electrons. The fourth-order valence-corrected chi connectivity index (χ4v) is 0. The van der Waals surface area contributed by atoms with Gasteiger partial charge in [-0.3, -0.25) is 0 Å². The van der Waals surface area contributed by atoms with E-state index >= 15 is 0 Å². The fraction of sp³-hybridized carbons (Fsp3) is 0. The van der Waals surface area contributed by atoms with Crippen molar-refractivity contribution in [3.8, 4) is 0 Å². The van der Waals surface area contributed by atoms with Gasteiger partial charge in [-0.05, 0) is 0 Å². The van der Waals surface area contributed by atoms with Crippen LogP contribution in [-0.2, 0) is 0 Å². The van der Waals surface area contributed by atoms with Gasteiger partial charge in [-0.2, -0.15) is 3.56 Å². The zero-order valence-corrected chi connectivity index (χ0v) is 8.71. The summed E-state index contributed by atoms with van der Waals surface area (Å²) in [6.45, 7) is 0. The molecule has 0 aromatic heterocycles. The van der Waals surface area contributed by atoms with Gasteiger partial charge in [-0.15, -0.1) is 12.4 Å². The van der Waals surface area contributed by atoms with Crippen molar-refractivity contribution < 1.29 is 6.41 Å². The second kappa shape index (κ2) is 18.6. The van der Waals surface area contributed by atoms with E-state index in [0.29, 0.717) is 0 Å². The Bertz CT molecular complexity index is 13.5. The van der Waals surface area contributed by atoms with E-state index in [9.17, 15) is 3.56 Å². The summed E-state index contributed by atoms with van der Waals surface area (Å²) in [5, 5.41) is 0. The van der Waals surface area contributed by atoms with E-state index in [-0.39, 0.29) is 64.1 Å². The van der Waals surface area contributed by atoms with Crippen LogP contribution in [0.3, 0.4) is 0 Å². The number of hydrogen-bond acceptors (Lipinski definition) is 0. The van der Waals surface area contributed by atoms with Crippen LogP contribution in [0.15, 0.2) is 0 Å². The van der Waals surface area contributed by atoms with Gasteiger partial charge in [0, 0.05) is 0 Å². The van der Waals surface area contributed by atoms with Crippen LogP contribution in [-0.4, -0.2) is 48.9 Å². The molecule has 0 amide bonds. The molecule has 0 aromatic rings. The average Bonchev–Trinajstić information content (AvgIpc) is 1.00. The first-order valence-electron chi connectivity index (χ1n) is 0.143. The Morgan fingerprint density at radius 3 is 1.50 bits per heavy atom. The molecule has 0 radical (unpaired) electrons. The summed E-state index contributed by atoms with van der Waals surface area (Å²) in [4.78, 5) is 0. The van der Waals surface area contributed by atoms with Gasteiger partial charge in [-0.25, -0.2) is 0 Å². The van der Waals surface area contributed by atoms with Gasteiger partial charge in [0.2, 0.25) is 0 Å². The van der Waals surface area contributed by atoms with Crippen molar-refractivity contribution in [2.75, 3.05) is 0 Å². The summed E-state index contributed by atoms with van der Waals surface area (Å²) < 4.78 is 9.31. The summed E-state index contributed by atoms with van der Waals surface area (Å²) in [5.41, 5.74) is 0. The van der Waals surface area contributed by atoms with Crippen molar-refractivity contribution in [2.24, 2.45) is 0 Å². The zero-order chi connectivity index (χ0) is 2.00. The zero-order valence-electron chi connectivity index (χ0n) is 3.87. The first kappa shape index (κ1) is 16.3. The van der Waals surface area contributed by atoms with Gasteiger partial charge in [0.25, 0.3) is 0 Å². The molecule has 0 aliphatic heterocycles. The van der Waals surface area contributed by atoms with E-state index in [1.807, 2.05) is 0 Å². The van der Waals surface area contributed by atoms with Crippen molar-refractivity contribution in [3.63, 3.8) is 0 Å². The predicted octanol–water partition coefficient (Wildman–Crippen LogP) is 1.53. The summed E-state index contributed by atoms with van der Waals surface area (Å²) in [5.74, 6) is 0. The Kier molecular flexibility index (Phi) is 75.9. The van der Waals surface area contributed by atoms with E-state index < -0.39 is 0 Å². The molecule has 0 rings (SSSR count). The van der Waals surface area contributed by atoms with Crippen molar-refractivity contribution in [1.29, 1.82) is 0 Å². The van der Waals surface area contributed by atoms with Gasteiger partial charge in [0.05, 0.1) is 0 Å². The summed E-state index contributed by atoms with van der Waals surface area (Å²) in [6, 6.07) is 0. The van der Waals surface area contributed by atoms with Crippen LogP contribution in [0.25, 0.3) is 0 Å². The molecule has 0 aliphatic carbocycles. The van der Waals surface area contributed by atoms with Crippen LogP contribution in [0.4, 0.5) is 3.56 Å². The van der Waals surface area contributed by atoms with Crippen LogP contribution in [0.1, 0.15) is 2.85 Å². The number of hydrogen-bond donors (Lipinski definition) is 0. The Morgan fingerprint density at radius 2 is 1.50 bits per heavy atom. The second-order valence-electron chi connectivity index (χ2n) is 0. The van der Waals surface area contributed by atoms with Gasteiger partial charge >= 0.3 is 48.9 Å². The molecular formula is H3BaBrClF. The quantitative estimate of drug-likeness (QED) is 0.588. The van der Waals surface area contributed by atoms with Crippen molar-refractivity contribution in [1.82, 2.24) is 0 Å². The van der Waals surface area contributed by atoms with E-state index in [1.54, 1.807) is 0 Å². The maximum Gasteiger partial charge on any atom is 2.00 e. The molecule has 0 saturated heterocycles. The molecule has 0 atom stereocenters. The van der Waals surface area contributed by atoms with Crippen LogP contribution in [0, 0.1) is 0 Å². The van der Waals surface area contributed by atoms with E-state index in [1.165, 1.54) is 16.4 Å². The van der Waals surface area contributed by atoms with Crippen LogP contribution in [0.5, 0.6) is 0 Å². The van der Waals surface area contributed by atoms with Crippen molar-refractivity contribution >= 4 is 77.7 Å². The molecule has 0 saturated carbocycles. The molecule has 0 heterocycles. The van der Waals surface area contributed by atoms with Crippen molar-refractivity contribution in [2.45, 2.75) is 0 Å². The SMILES string of the molecule is Cl.FBr.[Ba+2].[H-].[H-]. The number of halogens is 3. The molecule has 0 N–H and O–H groups in total. The Morgan fingerprint density at radius 1 is 1.50 bits per heavy atom. The molecule has 0 aliphatic rings.